The Labute approximate surface area is 250 Å². The number of aromatic nitrogens is 1. The molecule has 224 valence electrons. The molecule has 3 fully saturated rings. The van der Waals surface area contributed by atoms with E-state index in [9.17, 15) is 9.59 Å². The van der Waals surface area contributed by atoms with E-state index in [0.29, 0.717) is 6.54 Å². The molecule has 0 spiro atoms. The average molecular weight is 571 g/mol. The molecular formula is C35H46N4O3. The normalized spacial score (nSPS) is 19.2. The van der Waals surface area contributed by atoms with Gasteiger partial charge in [-0.2, -0.15) is 0 Å². The molecule has 6 rings (SSSR count). The lowest BCUT2D eigenvalue weighted by Crippen LogP contribution is -2.49. The van der Waals surface area contributed by atoms with Gasteiger partial charge in [-0.15, -0.1) is 0 Å². The van der Waals surface area contributed by atoms with Crippen molar-refractivity contribution in [2.75, 3.05) is 56.2 Å². The van der Waals surface area contributed by atoms with Gasteiger partial charge in [-0.25, -0.2) is 0 Å². The van der Waals surface area contributed by atoms with Crippen molar-refractivity contribution in [3.8, 4) is 5.75 Å². The van der Waals surface area contributed by atoms with Crippen LogP contribution in [0.5, 0.6) is 5.75 Å². The molecule has 0 N–H and O–H groups in total. The largest absolute Gasteiger partial charge is 0.495 e. The smallest absolute Gasteiger partial charge is 0.234 e. The zero-order valence-corrected chi connectivity index (χ0v) is 25.2. The molecular weight excluding hydrogens is 524 g/mol. The third-order valence-corrected chi connectivity index (χ3v) is 9.85. The van der Waals surface area contributed by atoms with Gasteiger partial charge >= 0.3 is 0 Å². The van der Waals surface area contributed by atoms with Crippen molar-refractivity contribution in [1.29, 1.82) is 0 Å². The summed E-state index contributed by atoms with van der Waals surface area (Å²) in [6.45, 7) is 5.22. The van der Waals surface area contributed by atoms with Crippen molar-refractivity contribution in [3.63, 3.8) is 0 Å². The van der Waals surface area contributed by atoms with E-state index in [-0.39, 0.29) is 23.7 Å². The highest BCUT2D eigenvalue weighted by atomic mass is 16.5. The first-order chi connectivity index (χ1) is 20.6. The summed E-state index contributed by atoms with van der Waals surface area (Å²) in [5.74, 6) is 1.53. The van der Waals surface area contributed by atoms with Crippen LogP contribution in [0.3, 0.4) is 0 Å². The van der Waals surface area contributed by atoms with Gasteiger partial charge in [0.2, 0.25) is 11.8 Å². The lowest BCUT2D eigenvalue weighted by Gasteiger charge is -2.38. The Morgan fingerprint density at radius 3 is 2.21 bits per heavy atom. The van der Waals surface area contributed by atoms with E-state index in [0.717, 1.165) is 106 Å². The van der Waals surface area contributed by atoms with Crippen LogP contribution in [-0.2, 0) is 4.79 Å². The molecule has 2 aromatic carbocycles. The summed E-state index contributed by atoms with van der Waals surface area (Å²) in [5, 5.41) is 1.16. The number of anilines is 2. The number of carbonyl (C=O) groups is 2. The molecule has 2 heterocycles. The lowest BCUT2D eigenvalue weighted by atomic mass is 9.88. The molecule has 0 unspecified atom stereocenters. The van der Waals surface area contributed by atoms with Crippen molar-refractivity contribution in [2.24, 2.45) is 11.8 Å². The fourth-order valence-electron chi connectivity index (χ4n) is 7.39. The summed E-state index contributed by atoms with van der Waals surface area (Å²) in [6.07, 6.45) is 13.1. The first kappa shape index (κ1) is 28.8. The van der Waals surface area contributed by atoms with Gasteiger partial charge in [-0.1, -0.05) is 56.7 Å². The van der Waals surface area contributed by atoms with Crippen molar-refractivity contribution < 1.29 is 14.3 Å². The fourth-order valence-corrected chi connectivity index (χ4v) is 7.39. The molecule has 1 aliphatic heterocycles. The summed E-state index contributed by atoms with van der Waals surface area (Å²) in [4.78, 5) is 34.0. The number of hydrogen-bond donors (Lipinski definition) is 0. The molecule has 0 bridgehead atoms. The highest BCUT2D eigenvalue weighted by Crippen LogP contribution is 2.34. The van der Waals surface area contributed by atoms with Gasteiger partial charge in [-0.3, -0.25) is 19.1 Å². The van der Waals surface area contributed by atoms with Crippen LogP contribution in [0.15, 0.2) is 54.7 Å². The van der Waals surface area contributed by atoms with E-state index < -0.39 is 0 Å². The highest BCUT2D eigenvalue weighted by molar-refractivity contribution is 5.99. The maximum Gasteiger partial charge on any atom is 0.234 e. The number of carbonyl (C=O) groups excluding carboxylic acids is 2. The second-order valence-corrected chi connectivity index (χ2v) is 12.4. The Morgan fingerprint density at radius 1 is 0.810 bits per heavy atom. The first-order valence-corrected chi connectivity index (χ1v) is 16.2. The van der Waals surface area contributed by atoms with Crippen LogP contribution in [0, 0.1) is 11.8 Å². The number of para-hydroxylation sites is 2. The van der Waals surface area contributed by atoms with Crippen LogP contribution in [-0.4, -0.2) is 67.7 Å². The zero-order valence-electron chi connectivity index (χ0n) is 25.2. The molecule has 3 aromatic rings. The Kier molecular flexibility index (Phi) is 9.13. The molecule has 42 heavy (non-hydrogen) atoms. The van der Waals surface area contributed by atoms with Crippen LogP contribution in [0.1, 0.15) is 69.0 Å². The van der Waals surface area contributed by atoms with Crippen LogP contribution in [0.25, 0.3) is 10.9 Å². The maximum absolute atomic E-state index is 13.8. The molecule has 1 saturated heterocycles. The van der Waals surface area contributed by atoms with E-state index >= 15 is 0 Å². The monoisotopic (exact) mass is 570 g/mol. The Hall–Kier alpha value is -3.32. The number of methoxy groups -OCH3 is 1. The Morgan fingerprint density at radius 2 is 1.50 bits per heavy atom. The Bertz CT molecular complexity index is 1360. The van der Waals surface area contributed by atoms with E-state index in [1.54, 1.807) is 7.11 Å². The van der Waals surface area contributed by atoms with Gasteiger partial charge in [0.15, 0.2) is 0 Å². The summed E-state index contributed by atoms with van der Waals surface area (Å²) < 4.78 is 7.57. The molecule has 0 radical (unpaired) electrons. The topological polar surface area (TPSA) is 58.0 Å². The third kappa shape index (κ3) is 6.07. The Balaban J connectivity index is 1.11. The van der Waals surface area contributed by atoms with Crippen molar-refractivity contribution >= 4 is 34.1 Å². The molecule has 7 nitrogen and oxygen atoms in total. The standard InChI is InChI=1S/C35H46N4O3/c1-42-33-18-9-8-15-32(33)39(35(41)28-13-6-3-7-14-28)26-23-36-21-24-37(25-22-36)30-16-10-17-31-29(30)19-20-38(31)34(40)27-11-4-2-5-12-27/h8-10,15-20,27-28H,2-7,11-14,21-26H2,1H3. The second-order valence-electron chi connectivity index (χ2n) is 12.4. The molecule has 1 amide bonds. The molecule has 1 aromatic heterocycles. The van der Waals surface area contributed by atoms with Gasteiger partial charge in [0, 0.05) is 68.4 Å². The van der Waals surface area contributed by atoms with Crippen molar-refractivity contribution in [2.45, 2.75) is 64.2 Å². The van der Waals surface area contributed by atoms with Crippen molar-refractivity contribution in [1.82, 2.24) is 9.47 Å². The third-order valence-electron chi connectivity index (χ3n) is 9.85. The summed E-state index contributed by atoms with van der Waals surface area (Å²) in [7, 11) is 1.68. The minimum atomic E-state index is 0.110. The molecule has 2 aliphatic carbocycles. The van der Waals surface area contributed by atoms with Gasteiger partial charge in [0.1, 0.15) is 5.75 Å². The summed E-state index contributed by atoms with van der Waals surface area (Å²) in [5.41, 5.74) is 3.12. The summed E-state index contributed by atoms with van der Waals surface area (Å²) >= 11 is 0. The molecule has 7 heteroatoms. The number of amides is 1. The van der Waals surface area contributed by atoms with E-state index in [4.69, 9.17) is 4.74 Å². The van der Waals surface area contributed by atoms with Crippen LogP contribution >= 0.6 is 0 Å². The van der Waals surface area contributed by atoms with Crippen molar-refractivity contribution in [3.05, 3.63) is 54.7 Å². The predicted molar refractivity (Wildman–Crippen MR) is 170 cm³/mol. The van der Waals surface area contributed by atoms with E-state index in [1.807, 2.05) is 39.9 Å². The first-order valence-electron chi connectivity index (χ1n) is 16.2. The van der Waals surface area contributed by atoms with Gasteiger partial charge in [0.05, 0.1) is 18.3 Å². The average Bonchev–Trinajstić information content (AvgIpc) is 3.50. The number of ether oxygens (including phenoxy) is 1. The van der Waals surface area contributed by atoms with Crippen LogP contribution in [0.2, 0.25) is 0 Å². The molecule has 3 aliphatic rings. The fraction of sp³-hybridized carbons (Fsp3) is 0.543. The lowest BCUT2D eigenvalue weighted by molar-refractivity contribution is -0.123. The summed E-state index contributed by atoms with van der Waals surface area (Å²) in [6, 6.07) is 16.4. The highest BCUT2D eigenvalue weighted by Gasteiger charge is 2.30. The molecule has 0 atom stereocenters. The quantitative estimate of drug-likeness (QED) is 0.305. The second kappa shape index (κ2) is 13.3. The number of hydrogen-bond acceptors (Lipinski definition) is 5. The van der Waals surface area contributed by atoms with Gasteiger partial charge in [-0.05, 0) is 56.0 Å². The zero-order chi connectivity index (χ0) is 28.9. The van der Waals surface area contributed by atoms with Gasteiger partial charge in [0.25, 0.3) is 0 Å². The number of fused-ring (bicyclic) bond motifs is 1. The minimum absolute atomic E-state index is 0.110. The number of nitrogens with zero attached hydrogens (tertiary/aromatic N) is 4. The number of rotatable bonds is 8. The predicted octanol–water partition coefficient (Wildman–Crippen LogP) is 6.61. The number of benzene rings is 2. The molecule has 2 saturated carbocycles. The number of piperazine rings is 1. The van der Waals surface area contributed by atoms with Gasteiger partial charge < -0.3 is 14.5 Å². The van der Waals surface area contributed by atoms with E-state index in [1.165, 1.54) is 18.5 Å². The maximum atomic E-state index is 13.8. The SMILES string of the molecule is COc1ccccc1N(CCN1CCN(c2cccc3c2ccn3C(=O)C2CCCCC2)CC1)C(=O)C1CCCCC1. The minimum Gasteiger partial charge on any atom is -0.495 e. The van der Waals surface area contributed by atoms with Crippen LogP contribution < -0.4 is 14.5 Å². The van der Waals surface area contributed by atoms with E-state index in [2.05, 4.69) is 34.1 Å². The van der Waals surface area contributed by atoms with Crippen LogP contribution in [0.4, 0.5) is 11.4 Å².